The van der Waals surface area contributed by atoms with Crippen molar-refractivity contribution in [1.29, 1.82) is 0 Å². The third-order valence-corrected chi connectivity index (χ3v) is 2.21. The number of rotatable bonds is 4. The fourth-order valence-corrected chi connectivity index (χ4v) is 1.34. The molecule has 16 heavy (non-hydrogen) atoms. The molecule has 0 heterocycles. The Morgan fingerprint density at radius 3 is 2.75 bits per heavy atom. The van der Waals surface area contributed by atoms with Crippen LogP contribution in [0.5, 0.6) is 5.75 Å². The van der Waals surface area contributed by atoms with Gasteiger partial charge in [-0.3, -0.25) is 4.79 Å². The standard InChI is InChI=1S/C11H14FNO3/c1-15-9-5-3-4-7(10(9)12)6-8(13)11(14)16-2/h3-5,8H,6,13H2,1-2H3. The molecule has 0 aliphatic rings. The number of ether oxygens (including phenoxy) is 2. The molecule has 5 heteroatoms. The van der Waals surface area contributed by atoms with E-state index < -0.39 is 17.8 Å². The van der Waals surface area contributed by atoms with Crippen molar-refractivity contribution in [1.82, 2.24) is 0 Å². The largest absolute Gasteiger partial charge is 0.494 e. The van der Waals surface area contributed by atoms with Crippen LogP contribution in [-0.2, 0) is 16.0 Å². The van der Waals surface area contributed by atoms with E-state index in [1.165, 1.54) is 20.3 Å². The van der Waals surface area contributed by atoms with Crippen molar-refractivity contribution in [3.8, 4) is 5.75 Å². The number of methoxy groups -OCH3 is 2. The summed E-state index contributed by atoms with van der Waals surface area (Å²) >= 11 is 0. The summed E-state index contributed by atoms with van der Waals surface area (Å²) in [5, 5.41) is 0. The molecular formula is C11H14FNO3. The summed E-state index contributed by atoms with van der Waals surface area (Å²) in [4.78, 5) is 11.1. The van der Waals surface area contributed by atoms with E-state index in [0.717, 1.165) is 0 Å². The lowest BCUT2D eigenvalue weighted by Gasteiger charge is -2.11. The van der Waals surface area contributed by atoms with Crippen LogP contribution in [0, 0.1) is 5.82 Å². The van der Waals surface area contributed by atoms with Crippen molar-refractivity contribution in [3.05, 3.63) is 29.6 Å². The minimum absolute atomic E-state index is 0.0791. The van der Waals surface area contributed by atoms with Gasteiger partial charge in [-0.1, -0.05) is 12.1 Å². The highest BCUT2D eigenvalue weighted by Gasteiger charge is 2.17. The molecule has 0 fully saturated rings. The lowest BCUT2D eigenvalue weighted by atomic mass is 10.1. The first-order valence-corrected chi connectivity index (χ1v) is 4.75. The van der Waals surface area contributed by atoms with Gasteiger partial charge >= 0.3 is 5.97 Å². The van der Waals surface area contributed by atoms with Gasteiger partial charge in [-0.15, -0.1) is 0 Å². The van der Waals surface area contributed by atoms with Gasteiger partial charge in [0.05, 0.1) is 14.2 Å². The van der Waals surface area contributed by atoms with Crippen LogP contribution >= 0.6 is 0 Å². The van der Waals surface area contributed by atoms with Gasteiger partial charge in [0.1, 0.15) is 6.04 Å². The van der Waals surface area contributed by atoms with Crippen molar-refractivity contribution >= 4 is 5.97 Å². The van der Waals surface area contributed by atoms with E-state index in [1.807, 2.05) is 0 Å². The third kappa shape index (κ3) is 2.70. The highest BCUT2D eigenvalue weighted by atomic mass is 19.1. The van der Waals surface area contributed by atoms with Gasteiger partial charge in [0.25, 0.3) is 0 Å². The second-order valence-corrected chi connectivity index (χ2v) is 3.27. The molecule has 88 valence electrons. The number of carbonyl (C=O) groups is 1. The normalized spacial score (nSPS) is 12.0. The Labute approximate surface area is 93.2 Å². The van der Waals surface area contributed by atoms with E-state index in [-0.39, 0.29) is 12.2 Å². The monoisotopic (exact) mass is 227 g/mol. The van der Waals surface area contributed by atoms with E-state index in [0.29, 0.717) is 5.56 Å². The maximum Gasteiger partial charge on any atom is 0.322 e. The Hall–Kier alpha value is -1.62. The summed E-state index contributed by atoms with van der Waals surface area (Å²) in [6.07, 6.45) is 0.0791. The average molecular weight is 227 g/mol. The molecule has 4 nitrogen and oxygen atoms in total. The second-order valence-electron chi connectivity index (χ2n) is 3.27. The van der Waals surface area contributed by atoms with Crippen LogP contribution in [0.4, 0.5) is 4.39 Å². The summed E-state index contributed by atoms with van der Waals surface area (Å²) in [5.41, 5.74) is 5.87. The average Bonchev–Trinajstić information content (AvgIpc) is 2.30. The van der Waals surface area contributed by atoms with Gasteiger partial charge in [0.2, 0.25) is 0 Å². The van der Waals surface area contributed by atoms with Gasteiger partial charge in [-0.25, -0.2) is 4.39 Å². The Morgan fingerprint density at radius 1 is 1.50 bits per heavy atom. The molecule has 0 aliphatic carbocycles. The summed E-state index contributed by atoms with van der Waals surface area (Å²) in [6.45, 7) is 0. The lowest BCUT2D eigenvalue weighted by Crippen LogP contribution is -2.33. The fraction of sp³-hybridized carbons (Fsp3) is 0.364. The van der Waals surface area contributed by atoms with E-state index >= 15 is 0 Å². The highest BCUT2D eigenvalue weighted by molar-refractivity contribution is 5.75. The summed E-state index contributed by atoms with van der Waals surface area (Å²) < 4.78 is 23.0. The number of benzene rings is 1. The smallest absolute Gasteiger partial charge is 0.322 e. The van der Waals surface area contributed by atoms with E-state index in [2.05, 4.69) is 4.74 Å². The van der Waals surface area contributed by atoms with E-state index in [4.69, 9.17) is 10.5 Å². The number of hydrogen-bond donors (Lipinski definition) is 1. The number of hydrogen-bond acceptors (Lipinski definition) is 4. The predicted molar refractivity (Wildman–Crippen MR) is 56.6 cm³/mol. The second kappa shape index (κ2) is 5.46. The molecule has 1 aromatic rings. The van der Waals surface area contributed by atoms with Gasteiger partial charge in [0.15, 0.2) is 11.6 Å². The molecule has 2 N–H and O–H groups in total. The maximum atomic E-state index is 13.7. The molecule has 0 aromatic heterocycles. The number of halogens is 1. The van der Waals surface area contributed by atoms with Crippen molar-refractivity contribution in [2.75, 3.05) is 14.2 Å². The predicted octanol–water partition coefficient (Wildman–Crippen LogP) is 0.877. The lowest BCUT2D eigenvalue weighted by molar-refractivity contribution is -0.142. The molecule has 0 radical (unpaired) electrons. The summed E-state index contributed by atoms with van der Waals surface area (Å²) in [6, 6.07) is 3.83. The zero-order valence-electron chi connectivity index (χ0n) is 9.20. The highest BCUT2D eigenvalue weighted by Crippen LogP contribution is 2.20. The summed E-state index contributed by atoms with van der Waals surface area (Å²) in [5.74, 6) is -0.930. The van der Waals surface area contributed by atoms with Gasteiger partial charge < -0.3 is 15.2 Å². The summed E-state index contributed by atoms with van der Waals surface area (Å²) in [7, 11) is 2.62. The maximum absolute atomic E-state index is 13.7. The van der Waals surface area contributed by atoms with Crippen LogP contribution in [0.25, 0.3) is 0 Å². The van der Waals surface area contributed by atoms with Crippen LogP contribution in [0.3, 0.4) is 0 Å². The van der Waals surface area contributed by atoms with Crippen LogP contribution in [0.2, 0.25) is 0 Å². The first kappa shape index (κ1) is 12.4. The molecule has 1 rings (SSSR count). The minimum Gasteiger partial charge on any atom is -0.494 e. The molecule has 1 aromatic carbocycles. The minimum atomic E-state index is -0.869. The van der Waals surface area contributed by atoms with Crippen molar-refractivity contribution in [3.63, 3.8) is 0 Å². The van der Waals surface area contributed by atoms with Crippen molar-refractivity contribution in [2.24, 2.45) is 5.73 Å². The molecule has 0 saturated carbocycles. The molecule has 0 spiro atoms. The molecule has 1 atom stereocenters. The Balaban J connectivity index is 2.85. The zero-order chi connectivity index (χ0) is 12.1. The first-order valence-electron chi connectivity index (χ1n) is 4.75. The van der Waals surface area contributed by atoms with Gasteiger partial charge in [-0.05, 0) is 11.6 Å². The van der Waals surface area contributed by atoms with E-state index in [1.54, 1.807) is 12.1 Å². The zero-order valence-corrected chi connectivity index (χ0v) is 9.20. The van der Waals surface area contributed by atoms with Crippen LogP contribution in [-0.4, -0.2) is 26.2 Å². The number of carbonyl (C=O) groups excluding carboxylic acids is 1. The van der Waals surface area contributed by atoms with Crippen molar-refractivity contribution in [2.45, 2.75) is 12.5 Å². The molecular weight excluding hydrogens is 213 g/mol. The number of nitrogens with two attached hydrogens (primary N) is 1. The fourth-order valence-electron chi connectivity index (χ4n) is 1.34. The molecule has 0 bridgehead atoms. The Kier molecular flexibility index (Phi) is 4.25. The quantitative estimate of drug-likeness (QED) is 0.775. The molecule has 0 amide bonds. The van der Waals surface area contributed by atoms with Crippen molar-refractivity contribution < 1.29 is 18.7 Å². The Bertz CT molecular complexity index is 381. The van der Waals surface area contributed by atoms with E-state index in [9.17, 15) is 9.18 Å². The molecule has 1 unspecified atom stereocenters. The molecule has 0 aliphatic heterocycles. The SMILES string of the molecule is COC(=O)C(N)Cc1cccc(OC)c1F. The van der Waals surface area contributed by atoms with Gasteiger partial charge in [0, 0.05) is 6.42 Å². The third-order valence-electron chi connectivity index (χ3n) is 2.21. The van der Waals surface area contributed by atoms with Crippen LogP contribution in [0.1, 0.15) is 5.56 Å². The first-order chi connectivity index (χ1) is 7.60. The van der Waals surface area contributed by atoms with Gasteiger partial charge in [-0.2, -0.15) is 0 Å². The van der Waals surface area contributed by atoms with Crippen LogP contribution < -0.4 is 10.5 Å². The van der Waals surface area contributed by atoms with Crippen LogP contribution in [0.15, 0.2) is 18.2 Å². The molecule has 0 saturated heterocycles. The topological polar surface area (TPSA) is 61.5 Å². The Morgan fingerprint density at radius 2 is 2.19 bits per heavy atom. The number of esters is 1.